The second-order valence-corrected chi connectivity index (χ2v) is 8.05. The van der Waals surface area contributed by atoms with E-state index < -0.39 is 21.2 Å². The average Bonchev–Trinajstić information content (AvgIpc) is 2.96. The number of piperidine rings is 1. The van der Waals surface area contributed by atoms with E-state index in [9.17, 15) is 13.2 Å². The molecule has 2 atom stereocenters. The molecule has 0 bridgehead atoms. The molecule has 1 saturated carbocycles. The van der Waals surface area contributed by atoms with Gasteiger partial charge in [-0.2, -0.15) is 0 Å². The molecule has 2 unspecified atom stereocenters. The smallest absolute Gasteiger partial charge is 0.310 e. The second-order valence-electron chi connectivity index (χ2n) is 5.89. The average molecular weight is 303 g/mol. The number of hydrogen-bond acceptors (Lipinski definition) is 4. The zero-order valence-electron chi connectivity index (χ0n) is 12.4. The number of methoxy groups -OCH3 is 1. The summed E-state index contributed by atoms with van der Waals surface area (Å²) < 4.78 is 31.8. The molecule has 116 valence electrons. The lowest BCUT2D eigenvalue weighted by Crippen LogP contribution is -2.45. The monoisotopic (exact) mass is 303 g/mol. The molecule has 0 aromatic rings. The van der Waals surface area contributed by atoms with Crippen molar-refractivity contribution in [3.63, 3.8) is 0 Å². The first-order valence-corrected chi connectivity index (χ1v) is 9.07. The summed E-state index contributed by atoms with van der Waals surface area (Å²) in [7, 11) is -2.03. The summed E-state index contributed by atoms with van der Waals surface area (Å²) in [6, 6.07) is 0. The van der Waals surface area contributed by atoms with Crippen molar-refractivity contribution in [3.05, 3.63) is 0 Å². The van der Waals surface area contributed by atoms with Gasteiger partial charge in [0, 0.05) is 13.1 Å². The Bertz CT molecular complexity index is 440. The van der Waals surface area contributed by atoms with Crippen LogP contribution in [0.1, 0.15) is 45.4 Å². The lowest BCUT2D eigenvalue weighted by molar-refractivity contribution is -0.145. The van der Waals surface area contributed by atoms with Crippen molar-refractivity contribution in [2.75, 3.05) is 20.2 Å². The lowest BCUT2D eigenvalue weighted by atomic mass is 9.96. The SMILES string of the molecule is CCC1CCN(S(=O)(=O)C2CCCC2C(=O)OC)CC1. The van der Waals surface area contributed by atoms with Crippen molar-refractivity contribution in [2.45, 2.75) is 50.7 Å². The predicted molar refractivity (Wildman–Crippen MR) is 76.7 cm³/mol. The van der Waals surface area contributed by atoms with Crippen LogP contribution < -0.4 is 0 Å². The van der Waals surface area contributed by atoms with Crippen LogP contribution in [0.25, 0.3) is 0 Å². The Morgan fingerprint density at radius 1 is 1.20 bits per heavy atom. The van der Waals surface area contributed by atoms with E-state index in [0.717, 1.165) is 25.7 Å². The van der Waals surface area contributed by atoms with Crippen LogP contribution >= 0.6 is 0 Å². The molecule has 2 fully saturated rings. The summed E-state index contributed by atoms with van der Waals surface area (Å²) in [5.41, 5.74) is 0. The van der Waals surface area contributed by atoms with E-state index in [1.807, 2.05) is 0 Å². The van der Waals surface area contributed by atoms with Crippen LogP contribution in [-0.2, 0) is 19.6 Å². The summed E-state index contributed by atoms with van der Waals surface area (Å²) >= 11 is 0. The van der Waals surface area contributed by atoms with Gasteiger partial charge in [0.2, 0.25) is 10.0 Å². The van der Waals surface area contributed by atoms with Gasteiger partial charge in [-0.25, -0.2) is 12.7 Å². The Hall–Kier alpha value is -0.620. The number of carbonyl (C=O) groups is 1. The second kappa shape index (κ2) is 6.43. The number of nitrogens with zero attached hydrogens (tertiary/aromatic N) is 1. The standard InChI is InChI=1S/C14H25NO4S/c1-3-11-7-9-15(10-8-11)20(17,18)13-6-4-5-12(13)14(16)19-2/h11-13H,3-10H2,1-2H3. The minimum absolute atomic E-state index is 0.375. The van der Waals surface area contributed by atoms with Crippen LogP contribution in [0.3, 0.4) is 0 Å². The van der Waals surface area contributed by atoms with Gasteiger partial charge >= 0.3 is 5.97 Å². The highest BCUT2D eigenvalue weighted by atomic mass is 32.2. The maximum absolute atomic E-state index is 12.7. The third-order valence-electron chi connectivity index (χ3n) is 4.85. The van der Waals surface area contributed by atoms with Crippen molar-refractivity contribution in [1.82, 2.24) is 4.31 Å². The van der Waals surface area contributed by atoms with Crippen molar-refractivity contribution in [1.29, 1.82) is 0 Å². The molecular formula is C14H25NO4S. The first-order chi connectivity index (χ1) is 9.50. The lowest BCUT2D eigenvalue weighted by Gasteiger charge is -2.33. The summed E-state index contributed by atoms with van der Waals surface area (Å²) in [5.74, 6) is -0.213. The molecule has 6 heteroatoms. The molecule has 0 radical (unpaired) electrons. The zero-order chi connectivity index (χ0) is 14.8. The fourth-order valence-electron chi connectivity index (χ4n) is 3.47. The maximum Gasteiger partial charge on any atom is 0.310 e. The molecule has 0 aromatic heterocycles. The van der Waals surface area contributed by atoms with Gasteiger partial charge in [0.05, 0.1) is 18.3 Å². The molecule has 2 aliphatic rings. The summed E-state index contributed by atoms with van der Waals surface area (Å²) in [4.78, 5) is 11.7. The molecule has 0 aromatic carbocycles. The summed E-state index contributed by atoms with van der Waals surface area (Å²) in [6.45, 7) is 3.36. The van der Waals surface area contributed by atoms with Crippen LogP contribution in [0.5, 0.6) is 0 Å². The minimum atomic E-state index is -3.37. The number of hydrogen-bond donors (Lipinski definition) is 0. The zero-order valence-corrected chi connectivity index (χ0v) is 13.2. The quantitative estimate of drug-likeness (QED) is 0.743. The number of esters is 1. The van der Waals surface area contributed by atoms with E-state index >= 15 is 0 Å². The van der Waals surface area contributed by atoms with Gasteiger partial charge in [0.1, 0.15) is 0 Å². The molecule has 5 nitrogen and oxygen atoms in total. The van der Waals surface area contributed by atoms with Crippen LogP contribution in [0.2, 0.25) is 0 Å². The molecule has 20 heavy (non-hydrogen) atoms. The van der Waals surface area contributed by atoms with E-state index in [1.165, 1.54) is 7.11 Å². The Balaban J connectivity index is 2.08. The fourth-order valence-corrected chi connectivity index (χ4v) is 5.70. The molecule has 0 N–H and O–H groups in total. The van der Waals surface area contributed by atoms with Crippen LogP contribution in [0.4, 0.5) is 0 Å². The van der Waals surface area contributed by atoms with E-state index in [-0.39, 0.29) is 5.97 Å². The number of rotatable bonds is 4. The molecule has 1 aliphatic heterocycles. The highest BCUT2D eigenvalue weighted by molar-refractivity contribution is 7.89. The molecule has 1 saturated heterocycles. The van der Waals surface area contributed by atoms with Crippen LogP contribution in [0.15, 0.2) is 0 Å². The molecule has 1 heterocycles. The van der Waals surface area contributed by atoms with Gasteiger partial charge in [0.25, 0.3) is 0 Å². The molecule has 0 spiro atoms. The minimum Gasteiger partial charge on any atom is -0.469 e. The van der Waals surface area contributed by atoms with E-state index in [2.05, 4.69) is 6.92 Å². The normalized spacial score (nSPS) is 29.5. The van der Waals surface area contributed by atoms with Crippen LogP contribution in [-0.4, -0.2) is 44.1 Å². The number of carbonyl (C=O) groups excluding carboxylic acids is 1. The Labute approximate surface area is 121 Å². The number of sulfonamides is 1. The van der Waals surface area contributed by atoms with E-state index in [0.29, 0.717) is 31.8 Å². The first kappa shape index (κ1) is 15.8. The van der Waals surface area contributed by atoms with Gasteiger partial charge in [0.15, 0.2) is 0 Å². The van der Waals surface area contributed by atoms with E-state index in [4.69, 9.17) is 4.74 Å². The van der Waals surface area contributed by atoms with E-state index in [1.54, 1.807) is 4.31 Å². The third kappa shape index (κ3) is 3.01. The predicted octanol–water partition coefficient (Wildman–Crippen LogP) is 1.78. The topological polar surface area (TPSA) is 63.7 Å². The van der Waals surface area contributed by atoms with Gasteiger partial charge < -0.3 is 4.74 Å². The fraction of sp³-hybridized carbons (Fsp3) is 0.929. The van der Waals surface area contributed by atoms with Gasteiger partial charge in [-0.1, -0.05) is 19.8 Å². The summed E-state index contributed by atoms with van der Waals surface area (Å²) in [6.07, 6.45) is 4.98. The highest BCUT2D eigenvalue weighted by Crippen LogP contribution is 2.35. The summed E-state index contributed by atoms with van der Waals surface area (Å²) in [5, 5.41) is -0.576. The molecule has 0 amide bonds. The van der Waals surface area contributed by atoms with Crippen molar-refractivity contribution in [3.8, 4) is 0 Å². The Kier molecular flexibility index (Phi) is 5.07. The van der Waals surface area contributed by atoms with Crippen molar-refractivity contribution in [2.24, 2.45) is 11.8 Å². The first-order valence-electron chi connectivity index (χ1n) is 7.57. The highest BCUT2D eigenvalue weighted by Gasteiger charge is 2.45. The Morgan fingerprint density at radius 3 is 2.40 bits per heavy atom. The largest absolute Gasteiger partial charge is 0.469 e. The molecule has 2 rings (SSSR count). The van der Waals surface area contributed by atoms with Gasteiger partial charge in [-0.05, 0) is 31.6 Å². The van der Waals surface area contributed by atoms with Crippen molar-refractivity contribution >= 4 is 16.0 Å². The molecule has 1 aliphatic carbocycles. The maximum atomic E-state index is 12.7. The Morgan fingerprint density at radius 2 is 1.85 bits per heavy atom. The van der Waals surface area contributed by atoms with Crippen LogP contribution in [0, 0.1) is 11.8 Å². The van der Waals surface area contributed by atoms with Gasteiger partial charge in [-0.15, -0.1) is 0 Å². The number of ether oxygens (including phenoxy) is 1. The third-order valence-corrected chi connectivity index (χ3v) is 7.26. The van der Waals surface area contributed by atoms with Gasteiger partial charge in [-0.3, -0.25) is 4.79 Å². The molecular weight excluding hydrogens is 278 g/mol. The van der Waals surface area contributed by atoms with Crippen molar-refractivity contribution < 1.29 is 17.9 Å².